The van der Waals surface area contributed by atoms with Crippen molar-refractivity contribution >= 4 is 0 Å². The fourth-order valence-electron chi connectivity index (χ4n) is 0.852. The summed E-state index contributed by atoms with van der Waals surface area (Å²) in [4.78, 5) is 2.39. The molecule has 0 unspecified atom stereocenters. The summed E-state index contributed by atoms with van der Waals surface area (Å²) >= 11 is 0. The molecule has 0 saturated carbocycles. The predicted molar refractivity (Wildman–Crippen MR) is 35.6 cm³/mol. The summed E-state index contributed by atoms with van der Waals surface area (Å²) in [6, 6.07) is 0. The monoisotopic (exact) mass is 111 g/mol. The second-order valence-corrected chi connectivity index (χ2v) is 2.27. The first-order valence-corrected chi connectivity index (χ1v) is 3.22. The van der Waals surface area contributed by atoms with Crippen LogP contribution >= 0.6 is 0 Å². The molecule has 1 saturated heterocycles. The lowest BCUT2D eigenvalue weighted by atomic mass is 10.2. The molecule has 1 fully saturated rings. The number of rotatable bonds is 1. The molecule has 1 aliphatic heterocycles. The van der Waals surface area contributed by atoms with Crippen LogP contribution in [0.5, 0.6) is 0 Å². The minimum Gasteiger partial charge on any atom is -0.375 e. The van der Waals surface area contributed by atoms with Gasteiger partial charge in [-0.25, -0.2) is 0 Å². The summed E-state index contributed by atoms with van der Waals surface area (Å²) in [5, 5.41) is 0. The molecular weight excluding hydrogens is 98.1 g/mol. The average molecular weight is 111 g/mol. The molecule has 8 heavy (non-hydrogen) atoms. The molecule has 0 atom stereocenters. The van der Waals surface area contributed by atoms with Crippen LogP contribution in [0.15, 0.2) is 11.8 Å². The molecule has 46 valence electrons. The molecule has 0 N–H and O–H groups in total. The van der Waals surface area contributed by atoms with E-state index in [0.717, 1.165) is 0 Å². The van der Waals surface area contributed by atoms with Gasteiger partial charge in [-0.2, -0.15) is 0 Å². The Labute approximate surface area is 51.0 Å². The number of hydrogen-bond acceptors (Lipinski definition) is 1. The lowest BCUT2D eigenvalue weighted by molar-refractivity contribution is 0.239. The van der Waals surface area contributed by atoms with Crippen molar-refractivity contribution in [3.8, 4) is 0 Å². The van der Waals surface area contributed by atoms with Crippen LogP contribution in [0.2, 0.25) is 0 Å². The van der Waals surface area contributed by atoms with Gasteiger partial charge in [-0.1, -0.05) is 6.08 Å². The van der Waals surface area contributed by atoms with Crippen molar-refractivity contribution in [2.24, 2.45) is 0 Å². The molecule has 0 aromatic carbocycles. The molecule has 0 bridgehead atoms. The van der Waals surface area contributed by atoms with E-state index < -0.39 is 0 Å². The van der Waals surface area contributed by atoms with Crippen molar-refractivity contribution in [2.45, 2.75) is 20.3 Å². The second-order valence-electron chi connectivity index (χ2n) is 2.27. The van der Waals surface area contributed by atoms with Gasteiger partial charge in [-0.05, 0) is 20.3 Å². The fourth-order valence-corrected chi connectivity index (χ4v) is 0.852. The number of likely N-dealkylation sites (tertiary alicyclic amines) is 1. The van der Waals surface area contributed by atoms with Gasteiger partial charge in [-0.3, -0.25) is 0 Å². The molecule has 0 spiro atoms. The third-order valence-electron chi connectivity index (χ3n) is 1.77. The Bertz CT molecular complexity index is 101. The van der Waals surface area contributed by atoms with Gasteiger partial charge in [0.2, 0.25) is 0 Å². The molecule has 0 aromatic rings. The molecule has 1 rings (SSSR count). The minimum absolute atomic E-state index is 1.27. The Morgan fingerprint density at radius 2 is 2.12 bits per heavy atom. The highest BCUT2D eigenvalue weighted by Gasteiger charge is 2.11. The van der Waals surface area contributed by atoms with Gasteiger partial charge >= 0.3 is 0 Å². The van der Waals surface area contributed by atoms with Gasteiger partial charge in [0.25, 0.3) is 0 Å². The van der Waals surface area contributed by atoms with Crippen molar-refractivity contribution in [3.63, 3.8) is 0 Å². The highest BCUT2D eigenvalue weighted by atomic mass is 15.2. The first-order valence-electron chi connectivity index (χ1n) is 3.22. The van der Waals surface area contributed by atoms with E-state index in [2.05, 4.69) is 24.8 Å². The fraction of sp³-hybridized carbons (Fsp3) is 0.714. The van der Waals surface area contributed by atoms with E-state index in [9.17, 15) is 0 Å². The Morgan fingerprint density at radius 1 is 1.50 bits per heavy atom. The van der Waals surface area contributed by atoms with E-state index in [-0.39, 0.29) is 0 Å². The summed E-state index contributed by atoms with van der Waals surface area (Å²) < 4.78 is 0. The number of allylic oxidation sites excluding steroid dienone is 2. The Kier molecular flexibility index (Phi) is 1.56. The topological polar surface area (TPSA) is 3.24 Å². The maximum atomic E-state index is 2.39. The Balaban J connectivity index is 2.34. The van der Waals surface area contributed by atoms with Crippen molar-refractivity contribution in [2.75, 3.05) is 13.1 Å². The quantitative estimate of drug-likeness (QED) is 0.497. The minimum atomic E-state index is 1.27. The number of nitrogens with zero attached hydrogens (tertiary/aromatic N) is 1. The zero-order valence-corrected chi connectivity index (χ0v) is 5.65. The van der Waals surface area contributed by atoms with Crippen molar-refractivity contribution in [1.82, 2.24) is 4.90 Å². The highest BCUT2D eigenvalue weighted by molar-refractivity contribution is 4.98. The van der Waals surface area contributed by atoms with Crippen LogP contribution in [-0.4, -0.2) is 18.0 Å². The maximum absolute atomic E-state index is 2.39. The molecule has 1 nitrogen and oxygen atoms in total. The van der Waals surface area contributed by atoms with Crippen molar-refractivity contribution < 1.29 is 0 Å². The summed E-state index contributed by atoms with van der Waals surface area (Å²) in [5.41, 5.74) is 1.43. The van der Waals surface area contributed by atoms with Crippen LogP contribution < -0.4 is 0 Å². The first kappa shape index (κ1) is 5.67. The van der Waals surface area contributed by atoms with E-state index in [1.807, 2.05) is 0 Å². The highest BCUT2D eigenvalue weighted by Crippen LogP contribution is 2.12. The van der Waals surface area contributed by atoms with Crippen LogP contribution in [0.4, 0.5) is 0 Å². The Hall–Kier alpha value is -0.460. The average Bonchev–Trinajstić information content (AvgIpc) is 1.62. The molecular formula is C7H13N. The maximum Gasteiger partial charge on any atom is 0.0191 e. The summed E-state index contributed by atoms with van der Waals surface area (Å²) in [6.07, 6.45) is 3.55. The van der Waals surface area contributed by atoms with E-state index in [0.29, 0.717) is 0 Å². The zero-order chi connectivity index (χ0) is 5.98. The van der Waals surface area contributed by atoms with Gasteiger partial charge < -0.3 is 4.90 Å². The predicted octanol–water partition coefficient (Wildman–Crippen LogP) is 1.62. The molecule has 1 heteroatoms. The van der Waals surface area contributed by atoms with Crippen LogP contribution in [0.3, 0.4) is 0 Å². The van der Waals surface area contributed by atoms with Gasteiger partial charge in [0.05, 0.1) is 0 Å². The summed E-state index contributed by atoms with van der Waals surface area (Å²) in [5.74, 6) is 0. The smallest absolute Gasteiger partial charge is 0.0191 e. The lowest BCUT2D eigenvalue weighted by Crippen LogP contribution is -2.35. The van der Waals surface area contributed by atoms with Gasteiger partial charge in [0.15, 0.2) is 0 Å². The lowest BCUT2D eigenvalue weighted by Gasteiger charge is -2.33. The number of hydrogen-bond donors (Lipinski definition) is 0. The molecule has 0 aromatic heterocycles. The Morgan fingerprint density at radius 3 is 2.25 bits per heavy atom. The summed E-state index contributed by atoms with van der Waals surface area (Å²) in [6.45, 7) is 6.80. The molecule has 1 heterocycles. The van der Waals surface area contributed by atoms with Gasteiger partial charge in [0.1, 0.15) is 0 Å². The third kappa shape index (κ3) is 0.857. The second kappa shape index (κ2) is 2.21. The van der Waals surface area contributed by atoms with Crippen LogP contribution in [-0.2, 0) is 0 Å². The normalized spacial score (nSPS) is 20.8. The van der Waals surface area contributed by atoms with E-state index in [4.69, 9.17) is 0 Å². The van der Waals surface area contributed by atoms with E-state index in [1.165, 1.54) is 25.2 Å². The first-order chi connectivity index (χ1) is 3.84. The van der Waals surface area contributed by atoms with Crippen LogP contribution in [0, 0.1) is 0 Å². The van der Waals surface area contributed by atoms with E-state index >= 15 is 0 Å². The van der Waals surface area contributed by atoms with Gasteiger partial charge in [-0.15, -0.1) is 0 Å². The third-order valence-corrected chi connectivity index (χ3v) is 1.77. The largest absolute Gasteiger partial charge is 0.375 e. The SMILES string of the molecule is C/C=C(\C)N1CCC1. The van der Waals surface area contributed by atoms with Crippen LogP contribution in [0.1, 0.15) is 20.3 Å². The molecule has 0 radical (unpaired) electrons. The standard InChI is InChI=1S/C7H13N/c1-3-7(2)8-5-4-6-8/h3H,4-6H2,1-2H3/b7-3+. The van der Waals surface area contributed by atoms with E-state index in [1.54, 1.807) is 0 Å². The zero-order valence-electron chi connectivity index (χ0n) is 5.65. The van der Waals surface area contributed by atoms with Crippen LogP contribution in [0.25, 0.3) is 0 Å². The summed E-state index contributed by atoms with van der Waals surface area (Å²) in [7, 11) is 0. The van der Waals surface area contributed by atoms with Crippen molar-refractivity contribution in [3.05, 3.63) is 11.8 Å². The molecule has 0 amide bonds. The van der Waals surface area contributed by atoms with Crippen molar-refractivity contribution in [1.29, 1.82) is 0 Å². The molecule has 1 aliphatic rings. The van der Waals surface area contributed by atoms with Gasteiger partial charge in [0, 0.05) is 18.8 Å². The molecule has 0 aliphatic carbocycles.